The molecule has 2 heterocycles. The van der Waals surface area contributed by atoms with E-state index in [0.29, 0.717) is 0 Å². The molecule has 1 aromatic carbocycles. The molecule has 3 rings (SSSR count). The average molecular weight is 334 g/mol. The Balaban J connectivity index is 0.00000192. The third kappa shape index (κ3) is 3.41. The number of hydrogen-bond acceptors (Lipinski definition) is 4. The number of fused-ring (bicyclic) bond motifs is 2. The molecule has 0 fully saturated rings. The third-order valence-electron chi connectivity index (χ3n) is 3.93. The lowest BCUT2D eigenvalue weighted by molar-refractivity contribution is 0.405. The molecule has 0 aliphatic carbocycles. The fourth-order valence-corrected chi connectivity index (χ4v) is 2.89. The summed E-state index contributed by atoms with van der Waals surface area (Å²) >= 11 is 0. The van der Waals surface area contributed by atoms with Crippen LogP contribution in [0.5, 0.6) is 0 Å². The number of aromatic nitrogens is 3. The summed E-state index contributed by atoms with van der Waals surface area (Å²) in [6.07, 6.45) is 1.10. The quantitative estimate of drug-likeness (QED) is 0.728. The molecule has 1 N–H and O–H groups in total. The highest BCUT2D eigenvalue weighted by Crippen LogP contribution is 2.32. The van der Waals surface area contributed by atoms with Gasteiger partial charge in [-0.1, -0.05) is 18.2 Å². The molecule has 0 aliphatic heterocycles. The molecule has 3 aromatic rings. The number of nitrogens with one attached hydrogen (secondary N) is 1. The summed E-state index contributed by atoms with van der Waals surface area (Å²) in [5.74, 6) is 0. The van der Waals surface area contributed by atoms with E-state index in [1.807, 2.05) is 24.7 Å². The highest BCUT2D eigenvalue weighted by atomic mass is 35.5. The number of anilines is 1. The highest BCUT2D eigenvalue weighted by molar-refractivity contribution is 6.07. The molecule has 0 aliphatic rings. The lowest BCUT2D eigenvalue weighted by atomic mass is 10.1. The Morgan fingerprint density at radius 2 is 1.96 bits per heavy atom. The maximum absolute atomic E-state index is 4.77. The number of pyridine rings is 1. The second-order valence-electron chi connectivity index (χ2n) is 6.00. The van der Waals surface area contributed by atoms with Gasteiger partial charge in [0.15, 0.2) is 5.65 Å². The predicted molar refractivity (Wildman–Crippen MR) is 99.7 cm³/mol. The van der Waals surface area contributed by atoms with Crippen molar-refractivity contribution >= 4 is 40.0 Å². The second-order valence-corrected chi connectivity index (χ2v) is 6.00. The molecule has 0 atom stereocenters. The number of rotatable bonds is 5. The summed E-state index contributed by atoms with van der Waals surface area (Å²) < 4.78 is 1.86. The van der Waals surface area contributed by atoms with E-state index in [9.17, 15) is 0 Å². The van der Waals surface area contributed by atoms with Gasteiger partial charge in [0.2, 0.25) is 0 Å². The van der Waals surface area contributed by atoms with Crippen LogP contribution < -0.4 is 5.32 Å². The van der Waals surface area contributed by atoms with Crippen LogP contribution in [0.2, 0.25) is 0 Å². The van der Waals surface area contributed by atoms with Crippen molar-refractivity contribution in [2.45, 2.75) is 13.3 Å². The van der Waals surface area contributed by atoms with Gasteiger partial charge in [-0.3, -0.25) is 4.68 Å². The summed E-state index contributed by atoms with van der Waals surface area (Å²) in [5, 5.41) is 10.4. The van der Waals surface area contributed by atoms with Crippen LogP contribution in [0.4, 0.5) is 5.69 Å². The molecule has 0 radical (unpaired) electrons. The molecule has 0 saturated heterocycles. The van der Waals surface area contributed by atoms with Crippen LogP contribution in [-0.2, 0) is 7.05 Å². The van der Waals surface area contributed by atoms with Crippen molar-refractivity contribution in [3.63, 3.8) is 0 Å². The van der Waals surface area contributed by atoms with Gasteiger partial charge in [0.05, 0.1) is 22.3 Å². The first-order chi connectivity index (χ1) is 10.6. The number of nitrogens with zero attached hydrogens (tertiary/aromatic N) is 4. The third-order valence-corrected chi connectivity index (χ3v) is 3.93. The van der Waals surface area contributed by atoms with E-state index in [2.05, 4.69) is 47.6 Å². The Morgan fingerprint density at radius 1 is 1.22 bits per heavy atom. The molecule has 5 nitrogen and oxygen atoms in total. The van der Waals surface area contributed by atoms with E-state index in [4.69, 9.17) is 4.98 Å². The maximum Gasteiger partial charge on any atom is 0.160 e. The molecular weight excluding hydrogens is 310 g/mol. The second kappa shape index (κ2) is 7.15. The van der Waals surface area contributed by atoms with E-state index in [1.54, 1.807) is 0 Å². The Labute approximate surface area is 143 Å². The first-order valence-electron chi connectivity index (χ1n) is 7.68. The minimum Gasteiger partial charge on any atom is -0.384 e. The van der Waals surface area contributed by atoms with Crippen molar-refractivity contribution in [1.82, 2.24) is 19.7 Å². The van der Waals surface area contributed by atoms with Crippen molar-refractivity contribution in [1.29, 1.82) is 0 Å². The van der Waals surface area contributed by atoms with Crippen LogP contribution in [0, 0.1) is 6.92 Å². The number of benzene rings is 1. The maximum atomic E-state index is 4.77. The largest absolute Gasteiger partial charge is 0.384 e. The minimum atomic E-state index is 0. The zero-order valence-corrected chi connectivity index (χ0v) is 14.9. The van der Waals surface area contributed by atoms with Crippen molar-refractivity contribution < 1.29 is 0 Å². The Bertz CT molecular complexity index is 809. The van der Waals surface area contributed by atoms with Crippen LogP contribution in [-0.4, -0.2) is 46.8 Å². The minimum absolute atomic E-state index is 0. The van der Waals surface area contributed by atoms with Gasteiger partial charge >= 0.3 is 0 Å². The standard InChI is InChI=1S/C17H23N5.ClH/c1-12-15-16(18-10-7-11-21(2)3)13-8-5-6-9-14(13)19-17(15)22(4)20-12;/h5-6,8-9H,7,10-11H2,1-4H3,(H,18,19);1H. The van der Waals surface area contributed by atoms with Crippen LogP contribution in [0.15, 0.2) is 24.3 Å². The zero-order chi connectivity index (χ0) is 15.7. The first kappa shape index (κ1) is 17.5. The fourth-order valence-electron chi connectivity index (χ4n) is 2.89. The van der Waals surface area contributed by atoms with Crippen LogP contribution >= 0.6 is 12.4 Å². The molecule has 6 heteroatoms. The number of aryl methyl sites for hydroxylation is 2. The van der Waals surface area contributed by atoms with Crippen molar-refractivity contribution in [3.05, 3.63) is 30.0 Å². The molecule has 2 aromatic heterocycles. The van der Waals surface area contributed by atoms with Gasteiger partial charge in [0.25, 0.3) is 0 Å². The first-order valence-corrected chi connectivity index (χ1v) is 7.68. The van der Waals surface area contributed by atoms with Gasteiger partial charge in [-0.15, -0.1) is 12.4 Å². The molecule has 0 unspecified atom stereocenters. The topological polar surface area (TPSA) is 46.0 Å². The number of para-hydroxylation sites is 1. The van der Waals surface area contributed by atoms with Gasteiger partial charge in [-0.05, 0) is 40.1 Å². The smallest absolute Gasteiger partial charge is 0.160 e. The normalized spacial score (nSPS) is 11.2. The Morgan fingerprint density at radius 3 is 2.70 bits per heavy atom. The molecule has 0 amide bonds. The summed E-state index contributed by atoms with van der Waals surface area (Å²) in [5.41, 5.74) is 4.12. The fraction of sp³-hybridized carbons (Fsp3) is 0.412. The van der Waals surface area contributed by atoms with Gasteiger partial charge < -0.3 is 10.2 Å². The summed E-state index contributed by atoms with van der Waals surface area (Å²) in [4.78, 5) is 6.97. The van der Waals surface area contributed by atoms with Crippen LogP contribution in [0.1, 0.15) is 12.1 Å². The van der Waals surface area contributed by atoms with Gasteiger partial charge in [0.1, 0.15) is 0 Å². The van der Waals surface area contributed by atoms with Crippen LogP contribution in [0.3, 0.4) is 0 Å². The average Bonchev–Trinajstić information content (AvgIpc) is 2.77. The van der Waals surface area contributed by atoms with Gasteiger partial charge in [-0.25, -0.2) is 4.98 Å². The molecule has 0 bridgehead atoms. The van der Waals surface area contributed by atoms with Crippen molar-refractivity contribution in [3.8, 4) is 0 Å². The monoisotopic (exact) mass is 333 g/mol. The molecule has 0 spiro atoms. The Kier molecular flexibility index (Phi) is 5.44. The number of hydrogen-bond donors (Lipinski definition) is 1. The molecular formula is C17H24ClN5. The van der Waals surface area contributed by atoms with E-state index in [-0.39, 0.29) is 12.4 Å². The van der Waals surface area contributed by atoms with Gasteiger partial charge in [0, 0.05) is 19.0 Å². The summed E-state index contributed by atoms with van der Waals surface area (Å²) in [6.45, 7) is 4.06. The summed E-state index contributed by atoms with van der Waals surface area (Å²) in [7, 11) is 6.16. The molecule has 124 valence electrons. The van der Waals surface area contributed by atoms with E-state index >= 15 is 0 Å². The number of halogens is 1. The predicted octanol–water partition coefficient (Wildman–Crippen LogP) is 3.22. The van der Waals surface area contributed by atoms with E-state index in [1.165, 1.54) is 0 Å². The van der Waals surface area contributed by atoms with Gasteiger partial charge in [-0.2, -0.15) is 5.10 Å². The highest BCUT2D eigenvalue weighted by Gasteiger charge is 2.14. The zero-order valence-electron chi connectivity index (χ0n) is 14.1. The molecule has 0 saturated carbocycles. The molecule has 23 heavy (non-hydrogen) atoms. The SMILES string of the molecule is Cc1nn(C)c2nc3ccccc3c(NCCCN(C)C)c12.Cl. The van der Waals surface area contributed by atoms with E-state index < -0.39 is 0 Å². The van der Waals surface area contributed by atoms with Crippen molar-refractivity contribution in [2.24, 2.45) is 7.05 Å². The van der Waals surface area contributed by atoms with Crippen LogP contribution in [0.25, 0.3) is 21.9 Å². The lowest BCUT2D eigenvalue weighted by Gasteiger charge is -2.13. The van der Waals surface area contributed by atoms with E-state index in [0.717, 1.165) is 52.8 Å². The van der Waals surface area contributed by atoms with Crippen molar-refractivity contribution in [2.75, 3.05) is 32.5 Å². The lowest BCUT2D eigenvalue weighted by Crippen LogP contribution is -2.16. The Hall–Kier alpha value is -1.85. The summed E-state index contributed by atoms with van der Waals surface area (Å²) in [6, 6.07) is 8.28.